The number of nitrogens with zero attached hydrogens (tertiary/aromatic N) is 3. The van der Waals surface area contributed by atoms with Crippen LogP contribution in [0.2, 0.25) is 0 Å². The molecule has 0 spiro atoms. The number of rotatable bonds is 5. The van der Waals surface area contributed by atoms with Gasteiger partial charge in [0, 0.05) is 16.6 Å². The Bertz CT molecular complexity index is 1280. The summed E-state index contributed by atoms with van der Waals surface area (Å²) in [5, 5.41) is 4.94. The Kier molecular flexibility index (Phi) is 4.52. The van der Waals surface area contributed by atoms with Gasteiger partial charge in [-0.15, -0.1) is 0 Å². The highest BCUT2D eigenvalue weighted by Gasteiger charge is 2.20. The van der Waals surface area contributed by atoms with Crippen LogP contribution in [0.1, 0.15) is 17.8 Å². The number of benzene rings is 2. The van der Waals surface area contributed by atoms with Crippen molar-refractivity contribution in [2.45, 2.75) is 13.0 Å². The third-order valence-electron chi connectivity index (χ3n) is 5.17. The van der Waals surface area contributed by atoms with Crippen molar-refractivity contribution in [1.29, 1.82) is 0 Å². The summed E-state index contributed by atoms with van der Waals surface area (Å²) < 4.78 is 7.65. The maximum Gasteiger partial charge on any atom is 0.341 e. The summed E-state index contributed by atoms with van der Waals surface area (Å²) in [7, 11) is 1.67. The van der Waals surface area contributed by atoms with E-state index >= 15 is 0 Å². The van der Waals surface area contributed by atoms with Crippen LogP contribution >= 0.6 is 0 Å². The summed E-state index contributed by atoms with van der Waals surface area (Å²) in [6, 6.07) is 24.3. The zero-order chi connectivity index (χ0) is 20.5. The molecule has 0 unspecified atom stereocenters. The second-order valence-electron chi connectivity index (χ2n) is 7.10. The van der Waals surface area contributed by atoms with Gasteiger partial charge in [0.25, 0.3) is 0 Å². The molecule has 6 heteroatoms. The van der Waals surface area contributed by atoms with Crippen LogP contribution in [0.4, 0.5) is 0 Å². The van der Waals surface area contributed by atoms with Crippen molar-refractivity contribution in [3.8, 4) is 17.0 Å². The van der Waals surface area contributed by atoms with Crippen molar-refractivity contribution in [2.24, 2.45) is 5.16 Å². The molecule has 0 atom stereocenters. The minimum atomic E-state index is -0.353. The van der Waals surface area contributed by atoms with Gasteiger partial charge in [0.1, 0.15) is 11.5 Å². The largest absolute Gasteiger partial charge is 0.497 e. The zero-order valence-corrected chi connectivity index (χ0v) is 16.4. The van der Waals surface area contributed by atoms with Crippen molar-refractivity contribution in [1.82, 2.24) is 9.55 Å². The highest BCUT2D eigenvalue weighted by Crippen LogP contribution is 2.31. The maximum absolute atomic E-state index is 11.4. The second-order valence-corrected chi connectivity index (χ2v) is 7.10. The molecule has 6 nitrogen and oxygen atoms in total. The van der Waals surface area contributed by atoms with Crippen LogP contribution in [0.3, 0.4) is 0 Å². The van der Waals surface area contributed by atoms with Crippen molar-refractivity contribution in [2.75, 3.05) is 7.11 Å². The fourth-order valence-electron chi connectivity index (χ4n) is 3.73. The fraction of sp³-hybridized carbons (Fsp3) is 0.125. The molecule has 1 aliphatic heterocycles. The average molecular weight is 397 g/mol. The summed E-state index contributed by atoms with van der Waals surface area (Å²) in [5.41, 5.74) is 5.43. The first-order valence-electron chi connectivity index (χ1n) is 9.67. The van der Waals surface area contributed by atoms with Gasteiger partial charge in [-0.2, -0.15) is 0 Å². The first-order chi connectivity index (χ1) is 14.7. The van der Waals surface area contributed by atoms with Gasteiger partial charge in [0.2, 0.25) is 0 Å². The lowest BCUT2D eigenvalue weighted by atomic mass is 10.1. The summed E-state index contributed by atoms with van der Waals surface area (Å²) in [5.74, 6) is 0.470. The Morgan fingerprint density at radius 3 is 2.67 bits per heavy atom. The molecule has 4 aromatic rings. The van der Waals surface area contributed by atoms with Crippen LogP contribution in [-0.4, -0.2) is 28.3 Å². The van der Waals surface area contributed by atoms with Crippen molar-refractivity contribution in [3.05, 3.63) is 84.2 Å². The lowest BCUT2D eigenvalue weighted by Crippen LogP contribution is -2.08. The standard InChI is InChI=1S/C24H19N3O3/c1-29-19-10-11-22-17(12-19)13-23(16-6-3-2-4-7-16)27(22)15-18-8-5-9-20(25-18)21-14-24(28)30-26-21/h2-13H,14-15H2,1H3. The Labute approximate surface area is 173 Å². The quantitative estimate of drug-likeness (QED) is 0.468. The lowest BCUT2D eigenvalue weighted by molar-refractivity contribution is -0.140. The van der Waals surface area contributed by atoms with Crippen LogP contribution < -0.4 is 4.74 Å². The topological polar surface area (TPSA) is 65.7 Å². The molecule has 0 radical (unpaired) electrons. The minimum Gasteiger partial charge on any atom is -0.497 e. The van der Waals surface area contributed by atoms with Crippen LogP contribution in [0.5, 0.6) is 5.75 Å². The number of aromatic nitrogens is 2. The summed E-state index contributed by atoms with van der Waals surface area (Å²) in [6.45, 7) is 0.579. The Balaban J connectivity index is 1.59. The molecule has 5 rings (SSSR count). The number of carbonyl (C=O) groups is 1. The molecule has 2 aromatic carbocycles. The van der Waals surface area contributed by atoms with Gasteiger partial charge in [-0.25, -0.2) is 9.78 Å². The van der Waals surface area contributed by atoms with E-state index in [1.807, 2.05) is 48.5 Å². The Hall–Kier alpha value is -3.93. The molecule has 3 heterocycles. The molecular weight excluding hydrogens is 378 g/mol. The Morgan fingerprint density at radius 2 is 1.90 bits per heavy atom. The van der Waals surface area contributed by atoms with Crippen LogP contribution in [0.15, 0.2) is 78.0 Å². The molecule has 0 amide bonds. The van der Waals surface area contributed by atoms with E-state index in [1.165, 1.54) is 0 Å². The first-order valence-corrected chi connectivity index (χ1v) is 9.67. The highest BCUT2D eigenvalue weighted by molar-refractivity contribution is 6.10. The molecule has 0 N–H and O–H groups in total. The average Bonchev–Trinajstić information content (AvgIpc) is 3.38. The molecular formula is C24H19N3O3. The third-order valence-corrected chi connectivity index (χ3v) is 5.17. The molecule has 0 fully saturated rings. The molecule has 0 aliphatic carbocycles. The van der Waals surface area contributed by atoms with Crippen LogP contribution in [0, 0.1) is 0 Å². The first kappa shape index (κ1) is 18.1. The number of ether oxygens (including phenoxy) is 1. The van der Waals surface area contributed by atoms with Crippen molar-refractivity contribution in [3.63, 3.8) is 0 Å². The summed E-state index contributed by atoms with van der Waals surface area (Å²) in [6.07, 6.45) is 0.151. The number of methoxy groups -OCH3 is 1. The predicted octanol–water partition coefficient (Wildman–Crippen LogP) is 4.41. The van der Waals surface area contributed by atoms with Gasteiger partial charge in [-0.05, 0) is 42.0 Å². The van der Waals surface area contributed by atoms with Gasteiger partial charge < -0.3 is 14.1 Å². The number of hydrogen-bond acceptors (Lipinski definition) is 5. The van der Waals surface area contributed by atoms with Gasteiger partial charge in [-0.3, -0.25) is 0 Å². The highest BCUT2D eigenvalue weighted by atomic mass is 16.7. The fourth-order valence-corrected chi connectivity index (χ4v) is 3.73. The van der Waals surface area contributed by atoms with Gasteiger partial charge in [0.05, 0.1) is 31.5 Å². The number of carbonyl (C=O) groups excluding carboxylic acids is 1. The second kappa shape index (κ2) is 7.48. The normalized spacial score (nSPS) is 13.4. The van der Waals surface area contributed by atoms with Gasteiger partial charge in [0.15, 0.2) is 0 Å². The van der Waals surface area contributed by atoms with E-state index in [2.05, 4.69) is 34.0 Å². The number of pyridine rings is 1. The van der Waals surface area contributed by atoms with E-state index in [0.717, 1.165) is 33.6 Å². The van der Waals surface area contributed by atoms with Gasteiger partial charge in [-0.1, -0.05) is 41.6 Å². The van der Waals surface area contributed by atoms with Crippen LogP contribution in [0.25, 0.3) is 22.2 Å². The van der Waals surface area contributed by atoms with Crippen molar-refractivity contribution < 1.29 is 14.4 Å². The SMILES string of the molecule is COc1ccc2c(c1)cc(-c1ccccc1)n2Cc1cccc(C2=NOC(=O)C2)n1. The number of fused-ring (bicyclic) bond motifs is 1. The predicted molar refractivity (Wildman–Crippen MR) is 115 cm³/mol. The molecule has 2 aromatic heterocycles. The molecule has 0 saturated heterocycles. The molecule has 0 bridgehead atoms. The molecule has 148 valence electrons. The molecule has 1 aliphatic rings. The molecule has 0 saturated carbocycles. The van der Waals surface area contributed by atoms with E-state index in [0.29, 0.717) is 18.0 Å². The minimum absolute atomic E-state index is 0.151. The van der Waals surface area contributed by atoms with E-state index < -0.39 is 0 Å². The van der Waals surface area contributed by atoms with Crippen LogP contribution in [-0.2, 0) is 16.2 Å². The Morgan fingerprint density at radius 1 is 1.03 bits per heavy atom. The summed E-state index contributed by atoms with van der Waals surface area (Å²) in [4.78, 5) is 20.8. The van der Waals surface area contributed by atoms with Gasteiger partial charge >= 0.3 is 5.97 Å². The third kappa shape index (κ3) is 3.33. The van der Waals surface area contributed by atoms with Crippen molar-refractivity contribution >= 4 is 22.6 Å². The maximum atomic E-state index is 11.4. The van der Waals surface area contributed by atoms with E-state index in [1.54, 1.807) is 7.11 Å². The smallest absolute Gasteiger partial charge is 0.341 e. The van der Waals surface area contributed by atoms with E-state index in [9.17, 15) is 4.79 Å². The number of oxime groups is 1. The van der Waals surface area contributed by atoms with E-state index in [-0.39, 0.29) is 12.4 Å². The number of hydrogen-bond donors (Lipinski definition) is 0. The molecule has 30 heavy (non-hydrogen) atoms. The lowest BCUT2D eigenvalue weighted by Gasteiger charge is -2.12. The summed E-state index contributed by atoms with van der Waals surface area (Å²) >= 11 is 0. The zero-order valence-electron chi connectivity index (χ0n) is 16.4. The monoisotopic (exact) mass is 397 g/mol. The van der Waals surface area contributed by atoms with E-state index in [4.69, 9.17) is 14.6 Å².